The van der Waals surface area contributed by atoms with Crippen LogP contribution in [0.2, 0.25) is 0 Å². The summed E-state index contributed by atoms with van der Waals surface area (Å²) in [6.07, 6.45) is 0.315. The molecule has 1 aliphatic rings. The van der Waals surface area contributed by atoms with Gasteiger partial charge in [0.05, 0.1) is 24.5 Å². The number of hydrogen-bond donors (Lipinski definition) is 2. The van der Waals surface area contributed by atoms with Crippen LogP contribution in [0.3, 0.4) is 0 Å². The highest BCUT2D eigenvalue weighted by Crippen LogP contribution is 2.50. The number of likely N-dealkylation sites (N-methyl/N-ethyl adjacent to an activating group) is 1. The van der Waals surface area contributed by atoms with Crippen LogP contribution in [0.4, 0.5) is 0 Å². The second-order valence-corrected chi connectivity index (χ2v) is 14.9. The van der Waals surface area contributed by atoms with Crippen molar-refractivity contribution in [2.45, 2.75) is 31.9 Å². The Morgan fingerprint density at radius 1 is 0.896 bits per heavy atom. The Bertz CT molecular complexity index is 1750. The van der Waals surface area contributed by atoms with Crippen molar-refractivity contribution < 1.29 is 29.0 Å². The van der Waals surface area contributed by atoms with E-state index in [-0.39, 0.29) is 36.6 Å². The molecule has 3 atom stereocenters. The average Bonchev–Trinajstić information content (AvgIpc) is 3.11. The Morgan fingerprint density at radius 2 is 1.44 bits per heavy atom. The number of amides is 2. The van der Waals surface area contributed by atoms with Crippen molar-refractivity contribution in [3.63, 3.8) is 0 Å². The molecule has 246 valence electrons. The zero-order valence-corrected chi connectivity index (χ0v) is 27.9. The first-order valence-corrected chi connectivity index (χ1v) is 17.6. The van der Waals surface area contributed by atoms with Crippen LogP contribution in [0.5, 0.6) is 0 Å². The Balaban J connectivity index is 1.78. The summed E-state index contributed by atoms with van der Waals surface area (Å²) in [6.45, 7) is 1.96. The van der Waals surface area contributed by atoms with Crippen molar-refractivity contribution in [3.8, 4) is 0 Å². The number of nitrogens with one attached hydrogen (secondary N) is 1. The van der Waals surface area contributed by atoms with Crippen LogP contribution in [0.15, 0.2) is 128 Å². The molecule has 48 heavy (non-hydrogen) atoms. The molecule has 0 aliphatic carbocycles. The van der Waals surface area contributed by atoms with Gasteiger partial charge in [0.2, 0.25) is 11.8 Å². The van der Waals surface area contributed by atoms with Gasteiger partial charge in [-0.1, -0.05) is 122 Å². The van der Waals surface area contributed by atoms with Gasteiger partial charge in [-0.25, -0.2) is 4.79 Å². The summed E-state index contributed by atoms with van der Waals surface area (Å²) in [5.41, 5.74) is 1.16. The number of esters is 1. The molecule has 0 spiro atoms. The second-order valence-electron chi connectivity index (χ2n) is 11.6. The summed E-state index contributed by atoms with van der Waals surface area (Å²) in [4.78, 5) is 56.2. The zero-order valence-electron chi connectivity index (χ0n) is 27.0. The van der Waals surface area contributed by atoms with Crippen LogP contribution in [0.25, 0.3) is 0 Å². The monoisotopic (exact) mass is 662 g/mol. The second kappa shape index (κ2) is 15.2. The maximum Gasteiger partial charge on any atom is 0.356 e. The number of carbonyl (C=O) groups is 4. The minimum Gasteiger partial charge on any atom is -0.457 e. The molecule has 0 aromatic heterocycles. The van der Waals surface area contributed by atoms with Gasteiger partial charge in [-0.2, -0.15) is 0 Å². The van der Waals surface area contributed by atoms with Crippen LogP contribution in [0, 0.1) is 5.92 Å². The summed E-state index contributed by atoms with van der Waals surface area (Å²) in [7, 11) is 1.55. The third-order valence-electron chi connectivity index (χ3n) is 8.57. The van der Waals surface area contributed by atoms with Gasteiger partial charge in [-0.3, -0.25) is 14.4 Å². The van der Waals surface area contributed by atoms with Gasteiger partial charge in [0.25, 0.3) is 0 Å². The van der Waals surface area contributed by atoms with Crippen LogP contribution in [-0.4, -0.2) is 64.8 Å². The molecule has 0 unspecified atom stereocenters. The summed E-state index contributed by atoms with van der Waals surface area (Å²) < 4.78 is 5.78. The fourth-order valence-electron chi connectivity index (χ4n) is 6.38. The number of aliphatic hydroxyl groups excluding tert-OH is 1. The highest BCUT2D eigenvalue weighted by molar-refractivity contribution is 7.96. The third-order valence-corrected chi connectivity index (χ3v) is 12.8. The molecule has 4 aromatic rings. The van der Waals surface area contributed by atoms with E-state index in [4.69, 9.17) is 4.74 Å². The van der Waals surface area contributed by atoms with Gasteiger partial charge in [-0.05, 0) is 34.5 Å². The van der Waals surface area contributed by atoms with Crippen LogP contribution >= 0.6 is 6.89 Å². The van der Waals surface area contributed by atoms with E-state index in [1.54, 1.807) is 31.3 Å². The number of likely N-dealkylation sites (tertiary alicyclic amines) is 1. The standard InChI is InChI=1S/C39H39N2O6P/c1-4-23-47-39(46)38(48(30-17-8-5-9-18-30,31-19-10-6-11-20-31)32-21-12-7-13-22-32)41-33(36(27(2)42)37(41)45)26-34(43)29-16-14-15-28(24-29)25-35(44)40-3/h4-22,24,27,33,36,42H,1,23,25-26H2,2-3H3,(H,40,44)/t27-,33-,36-/m1/s1. The number of carbonyl (C=O) groups excluding carboxylic acids is 4. The molecule has 1 aliphatic heterocycles. The minimum absolute atomic E-state index is 0.0930. The SMILES string of the molecule is C=CCOC(=O)C(N1C(=O)[C@H]([C@@H](C)O)[C@H]1CC(=O)c1cccc(CC(=O)NC)c1)=P(c1ccccc1)(c1ccccc1)c1ccccc1. The average molecular weight is 663 g/mol. The van der Waals surface area contributed by atoms with Gasteiger partial charge >= 0.3 is 5.97 Å². The minimum atomic E-state index is -3.18. The fraction of sp³-hybridized carbons (Fsp3) is 0.205. The predicted molar refractivity (Wildman–Crippen MR) is 190 cm³/mol. The molecule has 5 rings (SSSR count). The van der Waals surface area contributed by atoms with E-state index in [0.29, 0.717) is 11.1 Å². The van der Waals surface area contributed by atoms with E-state index in [1.807, 2.05) is 91.0 Å². The Hall–Kier alpha value is -5.04. The quantitative estimate of drug-likeness (QED) is 0.0744. The lowest BCUT2D eigenvalue weighted by Crippen LogP contribution is -2.68. The van der Waals surface area contributed by atoms with Crippen molar-refractivity contribution in [1.29, 1.82) is 0 Å². The van der Waals surface area contributed by atoms with E-state index < -0.39 is 36.8 Å². The number of aliphatic hydroxyl groups is 1. The van der Waals surface area contributed by atoms with E-state index in [2.05, 4.69) is 11.9 Å². The fourth-order valence-corrected chi connectivity index (χ4v) is 10.8. The predicted octanol–water partition coefficient (Wildman–Crippen LogP) is 3.61. The highest BCUT2D eigenvalue weighted by atomic mass is 31.2. The topological polar surface area (TPSA) is 113 Å². The number of rotatable bonds is 13. The Labute approximate surface area is 281 Å². The Kier molecular flexibility index (Phi) is 10.9. The van der Waals surface area contributed by atoms with Crippen LogP contribution in [0.1, 0.15) is 29.3 Å². The van der Waals surface area contributed by atoms with Gasteiger partial charge in [0.1, 0.15) is 12.0 Å². The number of hydrogen-bond acceptors (Lipinski definition) is 6. The zero-order chi connectivity index (χ0) is 34.3. The lowest BCUT2D eigenvalue weighted by atomic mass is 9.79. The molecule has 0 saturated carbocycles. The third kappa shape index (κ3) is 6.68. The normalized spacial score (nSPS) is 16.3. The maximum absolute atomic E-state index is 14.5. The number of benzene rings is 4. The largest absolute Gasteiger partial charge is 0.457 e. The first kappa shape index (κ1) is 34.3. The van der Waals surface area contributed by atoms with Crippen molar-refractivity contribution >= 4 is 51.8 Å². The van der Waals surface area contributed by atoms with Crippen LogP contribution < -0.4 is 21.2 Å². The van der Waals surface area contributed by atoms with Crippen LogP contribution in [-0.2, 0) is 25.5 Å². The first-order chi connectivity index (χ1) is 23.2. The molecule has 2 amide bonds. The highest BCUT2D eigenvalue weighted by Gasteiger charge is 2.55. The molecule has 9 heteroatoms. The molecule has 0 radical (unpaired) electrons. The molecule has 1 fully saturated rings. The lowest BCUT2D eigenvalue weighted by molar-refractivity contribution is -0.157. The summed E-state index contributed by atoms with van der Waals surface area (Å²) in [5.74, 6) is -2.58. The van der Waals surface area contributed by atoms with Gasteiger partial charge in [-0.15, -0.1) is 0 Å². The number of β-lactam (4-membered cyclic amide) rings is 1. The van der Waals surface area contributed by atoms with E-state index in [0.717, 1.165) is 15.9 Å². The summed E-state index contributed by atoms with van der Waals surface area (Å²) in [5, 5.41) is 15.9. The first-order valence-electron chi connectivity index (χ1n) is 15.8. The van der Waals surface area contributed by atoms with E-state index in [9.17, 15) is 24.3 Å². The van der Waals surface area contributed by atoms with Crippen molar-refractivity contribution in [3.05, 3.63) is 139 Å². The van der Waals surface area contributed by atoms with Gasteiger partial charge in [0.15, 0.2) is 5.78 Å². The van der Waals surface area contributed by atoms with Gasteiger partial charge < -0.3 is 20.1 Å². The number of Topliss-reactive ketones (excluding diaryl/α,β-unsaturated/α-hetero) is 1. The molecule has 1 heterocycles. The summed E-state index contributed by atoms with van der Waals surface area (Å²) in [6, 6.07) is 34.7. The van der Waals surface area contributed by atoms with Gasteiger partial charge in [0, 0.05) is 25.9 Å². The van der Waals surface area contributed by atoms with Crippen molar-refractivity contribution in [2.75, 3.05) is 13.7 Å². The summed E-state index contributed by atoms with van der Waals surface area (Å²) >= 11 is 0. The molecular weight excluding hydrogens is 623 g/mol. The maximum atomic E-state index is 14.5. The molecule has 4 aromatic carbocycles. The molecular formula is C39H39N2O6P. The smallest absolute Gasteiger partial charge is 0.356 e. The molecule has 1 saturated heterocycles. The van der Waals surface area contributed by atoms with E-state index in [1.165, 1.54) is 17.9 Å². The van der Waals surface area contributed by atoms with Crippen molar-refractivity contribution in [1.82, 2.24) is 10.2 Å². The van der Waals surface area contributed by atoms with E-state index >= 15 is 0 Å². The molecule has 0 bridgehead atoms. The number of ketones is 1. The lowest BCUT2D eigenvalue weighted by Gasteiger charge is -2.50. The molecule has 8 nitrogen and oxygen atoms in total. The number of ether oxygens (including phenoxy) is 1. The number of nitrogens with zero attached hydrogens (tertiary/aromatic N) is 1. The molecule has 2 N–H and O–H groups in total. The van der Waals surface area contributed by atoms with Crippen molar-refractivity contribution in [2.24, 2.45) is 5.92 Å². The Morgan fingerprint density at radius 3 is 1.92 bits per heavy atom.